The van der Waals surface area contributed by atoms with Crippen molar-refractivity contribution in [3.8, 4) is 5.75 Å². The number of amides is 1. The molecule has 3 rings (SSSR count). The highest BCUT2D eigenvalue weighted by Gasteiger charge is 2.42. The molecule has 2 aliphatic heterocycles. The normalized spacial score (nSPS) is 27.4. The number of nitrogens with one attached hydrogen (secondary N) is 1. The van der Waals surface area contributed by atoms with E-state index in [9.17, 15) is 14.1 Å². The number of likely N-dealkylation sites (tertiary alicyclic amines) is 1. The van der Waals surface area contributed by atoms with Crippen molar-refractivity contribution in [2.24, 2.45) is 11.8 Å². The molecular formula is C23H34Cl2N2O5S. The molecule has 0 saturated carbocycles. The predicted octanol–water partition coefficient (Wildman–Crippen LogP) is 4.43. The molecule has 5 atom stereocenters. The largest absolute Gasteiger partial charge is 0.508 e. The lowest BCUT2D eigenvalue weighted by molar-refractivity contribution is -0.162. The molecule has 1 amide bonds. The molecule has 2 unspecified atom stereocenters. The van der Waals surface area contributed by atoms with E-state index in [4.69, 9.17) is 32.7 Å². The second kappa shape index (κ2) is 9.99. The molecular weight excluding hydrogens is 487 g/mol. The average Bonchev–Trinajstić information content (AvgIpc) is 3.07. The van der Waals surface area contributed by atoms with Gasteiger partial charge >= 0.3 is 0 Å². The first kappa shape index (κ1) is 26.7. The molecule has 0 radical (unpaired) electrons. The summed E-state index contributed by atoms with van der Waals surface area (Å²) in [5.41, 5.74) is 0.549. The van der Waals surface area contributed by atoms with Gasteiger partial charge in [-0.1, -0.05) is 30.1 Å². The molecule has 2 N–H and O–H groups in total. The number of ether oxygens (including phenoxy) is 2. The highest BCUT2D eigenvalue weighted by Crippen LogP contribution is 2.42. The van der Waals surface area contributed by atoms with Crippen molar-refractivity contribution in [1.82, 2.24) is 9.62 Å². The van der Waals surface area contributed by atoms with E-state index in [1.54, 1.807) is 19.9 Å². The van der Waals surface area contributed by atoms with Crippen molar-refractivity contribution < 1.29 is 23.6 Å². The Morgan fingerprint density at radius 1 is 1.30 bits per heavy atom. The first-order valence-electron chi connectivity index (χ1n) is 11.2. The van der Waals surface area contributed by atoms with E-state index in [1.165, 1.54) is 6.07 Å². The summed E-state index contributed by atoms with van der Waals surface area (Å²) in [6.45, 7) is 12.6. The minimum absolute atomic E-state index is 0.000629. The van der Waals surface area contributed by atoms with E-state index in [-0.39, 0.29) is 35.1 Å². The van der Waals surface area contributed by atoms with Gasteiger partial charge in [-0.05, 0) is 58.9 Å². The third kappa shape index (κ3) is 6.21. The van der Waals surface area contributed by atoms with Gasteiger partial charge in [-0.25, -0.2) is 8.93 Å². The second-order valence-electron chi connectivity index (χ2n) is 10.3. The van der Waals surface area contributed by atoms with Gasteiger partial charge in [-0.15, -0.1) is 0 Å². The van der Waals surface area contributed by atoms with Gasteiger partial charge in [0.1, 0.15) is 5.75 Å². The number of carbonyl (C=O) groups is 1. The smallest absolute Gasteiger partial charge is 0.254 e. The first-order chi connectivity index (χ1) is 15.2. The third-order valence-corrected chi connectivity index (χ3v) is 8.49. The van der Waals surface area contributed by atoms with Crippen LogP contribution >= 0.6 is 23.2 Å². The van der Waals surface area contributed by atoms with Crippen molar-refractivity contribution in [1.29, 1.82) is 0 Å². The van der Waals surface area contributed by atoms with Gasteiger partial charge in [0.2, 0.25) is 0 Å². The highest BCUT2D eigenvalue weighted by atomic mass is 35.5. The molecule has 2 aliphatic rings. The van der Waals surface area contributed by atoms with Gasteiger partial charge in [0.15, 0.2) is 11.9 Å². The highest BCUT2D eigenvalue weighted by molar-refractivity contribution is 7.84. The summed E-state index contributed by atoms with van der Waals surface area (Å²) in [5.74, 6) is -0.785. The van der Waals surface area contributed by atoms with Crippen molar-refractivity contribution in [2.45, 2.75) is 70.6 Å². The number of benzene rings is 1. The summed E-state index contributed by atoms with van der Waals surface area (Å²) in [4.78, 5) is 14.8. The summed E-state index contributed by atoms with van der Waals surface area (Å²) in [6, 6.07) is 2.61. The van der Waals surface area contributed by atoms with Crippen LogP contribution in [0.1, 0.15) is 59.6 Å². The molecule has 1 aromatic carbocycles. The lowest BCUT2D eigenvalue weighted by Crippen LogP contribution is -2.50. The number of hydrogen-bond donors (Lipinski definition) is 2. The average molecular weight is 522 g/mol. The Kier molecular flexibility index (Phi) is 8.09. The van der Waals surface area contributed by atoms with Gasteiger partial charge in [-0.3, -0.25) is 4.79 Å². The fourth-order valence-electron chi connectivity index (χ4n) is 4.35. The zero-order valence-corrected chi connectivity index (χ0v) is 22.3. The summed E-state index contributed by atoms with van der Waals surface area (Å²) in [5, 5.41) is 11.2. The summed E-state index contributed by atoms with van der Waals surface area (Å²) < 4.78 is 27.1. The Hall–Kier alpha value is -0.900. The standard InChI is InChI=1S/C23H34Cl2N2O5S/c1-13-11-27(21(29)19-12-31-23(5,6)32-19)8-7-14(13)20(26-33(30)22(2,3)4)15-9-16(24)17(25)10-18(15)28/h9-10,13-14,19-20,26,28H,7-8,11-12H2,1-6H3/t13?,14?,19-,20-,33+/m1/s1. The van der Waals surface area contributed by atoms with Crippen LogP contribution in [0.25, 0.3) is 0 Å². The maximum Gasteiger partial charge on any atom is 0.254 e. The van der Waals surface area contributed by atoms with E-state index in [0.29, 0.717) is 30.1 Å². The van der Waals surface area contributed by atoms with Crippen molar-refractivity contribution in [3.63, 3.8) is 0 Å². The number of carbonyl (C=O) groups excluding carboxylic acids is 1. The zero-order chi connectivity index (χ0) is 24.7. The molecule has 33 heavy (non-hydrogen) atoms. The Morgan fingerprint density at radius 3 is 2.48 bits per heavy atom. The van der Waals surface area contributed by atoms with Crippen LogP contribution in [0.15, 0.2) is 12.1 Å². The topological polar surface area (TPSA) is 88.1 Å². The van der Waals surface area contributed by atoms with E-state index in [1.807, 2.05) is 25.7 Å². The molecule has 2 saturated heterocycles. The third-order valence-electron chi connectivity index (χ3n) is 6.19. The zero-order valence-electron chi connectivity index (χ0n) is 20.0. The SMILES string of the molecule is CC1CN(C(=O)[C@H]2COC(C)(C)O2)CCC1[C@@H](N[S@@](=O)C(C)(C)C)c1cc(Cl)c(Cl)cc1O. The molecule has 2 fully saturated rings. The number of aromatic hydroxyl groups is 1. The van der Waals surface area contributed by atoms with Crippen LogP contribution in [0.3, 0.4) is 0 Å². The van der Waals surface area contributed by atoms with E-state index in [2.05, 4.69) is 11.6 Å². The molecule has 0 bridgehead atoms. The molecule has 0 spiro atoms. The molecule has 186 valence electrons. The van der Waals surface area contributed by atoms with Crippen LogP contribution in [0.2, 0.25) is 10.0 Å². The van der Waals surface area contributed by atoms with Crippen LogP contribution in [0.5, 0.6) is 5.75 Å². The van der Waals surface area contributed by atoms with Gasteiger partial charge in [0, 0.05) is 24.7 Å². The molecule has 1 aromatic rings. The van der Waals surface area contributed by atoms with Crippen LogP contribution in [-0.4, -0.2) is 56.5 Å². The van der Waals surface area contributed by atoms with Crippen molar-refractivity contribution in [2.75, 3.05) is 19.7 Å². The Morgan fingerprint density at radius 2 is 1.94 bits per heavy atom. The molecule has 2 heterocycles. The quantitative estimate of drug-likeness (QED) is 0.599. The summed E-state index contributed by atoms with van der Waals surface area (Å²) >= 11 is 12.3. The van der Waals surface area contributed by atoms with E-state index in [0.717, 1.165) is 0 Å². The lowest BCUT2D eigenvalue weighted by Gasteiger charge is -2.42. The molecule has 10 heteroatoms. The van der Waals surface area contributed by atoms with Gasteiger partial charge in [-0.2, -0.15) is 0 Å². The summed E-state index contributed by atoms with van der Waals surface area (Å²) in [6.07, 6.45) is 0.0490. The van der Waals surface area contributed by atoms with Crippen LogP contribution in [0, 0.1) is 11.8 Å². The molecule has 7 nitrogen and oxygen atoms in total. The number of nitrogens with zero attached hydrogens (tertiary/aromatic N) is 1. The Bertz CT molecular complexity index is 921. The van der Waals surface area contributed by atoms with Crippen LogP contribution in [0.4, 0.5) is 0 Å². The van der Waals surface area contributed by atoms with Gasteiger partial charge < -0.3 is 19.5 Å². The second-order valence-corrected chi connectivity index (χ2v) is 13.1. The van der Waals surface area contributed by atoms with Gasteiger partial charge in [0.05, 0.1) is 38.4 Å². The number of rotatable bonds is 5. The predicted molar refractivity (Wildman–Crippen MR) is 131 cm³/mol. The fourth-order valence-corrected chi connectivity index (χ4v) is 5.56. The maximum atomic E-state index is 13.0. The fraction of sp³-hybridized carbons (Fsp3) is 0.696. The van der Waals surface area contributed by atoms with Crippen LogP contribution in [-0.2, 0) is 25.3 Å². The van der Waals surface area contributed by atoms with Crippen molar-refractivity contribution >= 4 is 40.1 Å². The monoisotopic (exact) mass is 520 g/mol. The Labute approximate surface area is 208 Å². The van der Waals surface area contributed by atoms with Gasteiger partial charge in [0.25, 0.3) is 5.91 Å². The number of phenols is 1. The molecule has 0 aliphatic carbocycles. The Balaban J connectivity index is 1.82. The first-order valence-corrected chi connectivity index (χ1v) is 13.1. The van der Waals surface area contributed by atoms with Crippen LogP contribution < -0.4 is 4.72 Å². The molecule has 0 aromatic heterocycles. The number of piperidine rings is 1. The number of hydrogen-bond acceptors (Lipinski definition) is 5. The minimum atomic E-state index is -1.39. The number of halogens is 2. The lowest BCUT2D eigenvalue weighted by atomic mass is 9.78. The van der Waals surface area contributed by atoms with Crippen molar-refractivity contribution in [3.05, 3.63) is 27.7 Å². The number of phenolic OH excluding ortho intramolecular Hbond substituents is 1. The minimum Gasteiger partial charge on any atom is -0.508 e. The maximum absolute atomic E-state index is 13.0. The van der Waals surface area contributed by atoms with E-state index >= 15 is 0 Å². The van der Waals surface area contributed by atoms with E-state index < -0.39 is 33.7 Å². The summed E-state index contributed by atoms with van der Waals surface area (Å²) in [7, 11) is -1.39.